The van der Waals surface area contributed by atoms with E-state index in [1.807, 2.05) is 36.4 Å². The van der Waals surface area contributed by atoms with Gasteiger partial charge in [-0.15, -0.1) is 0 Å². The zero-order valence-corrected chi connectivity index (χ0v) is 29.7. The van der Waals surface area contributed by atoms with Crippen LogP contribution in [0.2, 0.25) is 5.02 Å². The smallest absolute Gasteiger partial charge is 0.332 e. The van der Waals surface area contributed by atoms with Crippen LogP contribution in [0.3, 0.4) is 0 Å². The summed E-state index contributed by atoms with van der Waals surface area (Å²) in [5.74, 6) is -1.74. The standard InChI is InChI=1S/C43H38ClFN4O4/c44-33-21-19-30(20-22-33)38(40(50)46-35-16-8-3-9-17-35)48(41(51)31-13-6-2-7-14-31)37-18-10-15-32(27-37)39-42(52)47(28-29-11-4-1-5-12-29)43(53)49(39)36-25-23-34(45)24-26-36/h1-2,4-7,10-15,18-27,35,38-39H,3,8-9,16-17,28H2,(H,46,50). The third-order valence-corrected chi connectivity index (χ3v) is 10.1. The first-order valence-corrected chi connectivity index (χ1v) is 18.1. The van der Waals surface area contributed by atoms with E-state index in [2.05, 4.69) is 5.32 Å². The van der Waals surface area contributed by atoms with Crippen LogP contribution in [0, 0.1) is 5.82 Å². The van der Waals surface area contributed by atoms with Crippen LogP contribution in [0.15, 0.2) is 133 Å². The average Bonchev–Trinajstić information content (AvgIpc) is 3.43. The highest BCUT2D eigenvalue weighted by atomic mass is 35.5. The summed E-state index contributed by atoms with van der Waals surface area (Å²) < 4.78 is 14.1. The van der Waals surface area contributed by atoms with Gasteiger partial charge in [0, 0.05) is 28.0 Å². The Kier molecular flexibility index (Phi) is 10.6. The molecule has 1 saturated heterocycles. The molecule has 1 N–H and O–H groups in total. The van der Waals surface area contributed by atoms with Gasteiger partial charge in [0.05, 0.1) is 6.54 Å². The molecule has 0 bridgehead atoms. The monoisotopic (exact) mass is 728 g/mol. The molecular weight excluding hydrogens is 691 g/mol. The number of anilines is 2. The molecule has 0 spiro atoms. The predicted molar refractivity (Wildman–Crippen MR) is 203 cm³/mol. The first-order chi connectivity index (χ1) is 25.8. The SMILES string of the molecule is O=C(NC1CCCCC1)C(c1ccc(Cl)cc1)N(C(=O)c1ccccc1)c1cccc(C2C(=O)N(Cc3ccccc3)C(=O)N2c2ccc(F)cc2)c1. The molecule has 1 heterocycles. The quantitative estimate of drug-likeness (QED) is 0.145. The van der Waals surface area contributed by atoms with Crippen LogP contribution >= 0.6 is 11.6 Å². The van der Waals surface area contributed by atoms with Crippen molar-refractivity contribution in [2.75, 3.05) is 9.80 Å². The molecule has 1 saturated carbocycles. The van der Waals surface area contributed by atoms with E-state index in [0.717, 1.165) is 37.7 Å². The Labute approximate surface area is 312 Å². The number of nitrogens with zero attached hydrogens (tertiary/aromatic N) is 3. The molecule has 5 aromatic rings. The molecule has 0 aromatic heterocycles. The first-order valence-electron chi connectivity index (χ1n) is 17.8. The molecule has 1 aliphatic heterocycles. The number of rotatable bonds is 10. The zero-order chi connectivity index (χ0) is 36.9. The molecule has 7 rings (SSSR count). The minimum Gasteiger partial charge on any atom is -0.351 e. The van der Waals surface area contributed by atoms with Crippen molar-refractivity contribution in [3.63, 3.8) is 0 Å². The molecule has 5 amide bonds. The highest BCUT2D eigenvalue weighted by Crippen LogP contribution is 2.39. The van der Waals surface area contributed by atoms with Gasteiger partial charge in [-0.1, -0.05) is 104 Å². The molecule has 268 valence electrons. The molecular formula is C43H38ClFN4O4. The summed E-state index contributed by atoms with van der Waals surface area (Å²) in [7, 11) is 0. The van der Waals surface area contributed by atoms with Crippen LogP contribution in [-0.2, 0) is 16.1 Å². The van der Waals surface area contributed by atoms with Crippen LogP contribution in [0.4, 0.5) is 20.6 Å². The maximum atomic E-state index is 14.7. The molecule has 2 fully saturated rings. The second kappa shape index (κ2) is 15.8. The summed E-state index contributed by atoms with van der Waals surface area (Å²) in [6.07, 6.45) is 4.81. The maximum absolute atomic E-state index is 14.7. The number of urea groups is 1. The van der Waals surface area contributed by atoms with Crippen molar-refractivity contribution in [1.82, 2.24) is 10.2 Å². The molecule has 2 atom stereocenters. The lowest BCUT2D eigenvalue weighted by Gasteiger charge is -2.34. The Hall–Kier alpha value is -5.80. The number of imide groups is 1. The van der Waals surface area contributed by atoms with Gasteiger partial charge >= 0.3 is 6.03 Å². The van der Waals surface area contributed by atoms with Gasteiger partial charge in [0.25, 0.3) is 11.8 Å². The molecule has 2 unspecified atom stereocenters. The highest BCUT2D eigenvalue weighted by molar-refractivity contribution is 6.30. The topological polar surface area (TPSA) is 90.0 Å². The molecule has 5 aromatic carbocycles. The first kappa shape index (κ1) is 35.6. The number of benzene rings is 5. The lowest BCUT2D eigenvalue weighted by molar-refractivity contribution is -0.127. The number of carbonyl (C=O) groups is 4. The lowest BCUT2D eigenvalue weighted by atomic mass is 9.94. The minimum atomic E-state index is -1.14. The Bertz CT molecular complexity index is 2090. The summed E-state index contributed by atoms with van der Waals surface area (Å²) in [5.41, 5.74) is 2.75. The molecule has 0 radical (unpaired) electrons. The van der Waals surface area contributed by atoms with Gasteiger partial charge in [0.1, 0.15) is 17.9 Å². The van der Waals surface area contributed by atoms with E-state index < -0.39 is 35.7 Å². The maximum Gasteiger partial charge on any atom is 0.332 e. The van der Waals surface area contributed by atoms with Crippen molar-refractivity contribution in [2.45, 2.75) is 56.8 Å². The van der Waals surface area contributed by atoms with E-state index in [-0.39, 0.29) is 18.5 Å². The van der Waals surface area contributed by atoms with Gasteiger partial charge in [-0.05, 0) is 90.2 Å². The van der Waals surface area contributed by atoms with Gasteiger partial charge in [-0.25, -0.2) is 9.18 Å². The van der Waals surface area contributed by atoms with Crippen LogP contribution in [-0.4, -0.2) is 34.7 Å². The van der Waals surface area contributed by atoms with Crippen LogP contribution < -0.4 is 15.1 Å². The number of nitrogens with one attached hydrogen (secondary N) is 1. The largest absolute Gasteiger partial charge is 0.351 e. The van der Waals surface area contributed by atoms with Gasteiger partial charge in [-0.2, -0.15) is 0 Å². The summed E-state index contributed by atoms with van der Waals surface area (Å²) in [4.78, 5) is 61.6. The van der Waals surface area contributed by atoms with Gasteiger partial charge in [0.15, 0.2) is 0 Å². The third kappa shape index (κ3) is 7.71. The fraction of sp³-hybridized carbons (Fsp3) is 0.209. The predicted octanol–water partition coefficient (Wildman–Crippen LogP) is 9.03. The van der Waals surface area contributed by atoms with Crippen molar-refractivity contribution in [2.24, 2.45) is 0 Å². The fourth-order valence-electron chi connectivity index (χ4n) is 7.20. The molecule has 1 aliphatic carbocycles. The number of amides is 5. The number of carbonyl (C=O) groups excluding carboxylic acids is 4. The van der Waals surface area contributed by atoms with Crippen molar-refractivity contribution in [3.8, 4) is 0 Å². The highest BCUT2D eigenvalue weighted by Gasteiger charge is 2.47. The van der Waals surface area contributed by atoms with E-state index in [4.69, 9.17) is 11.6 Å². The molecule has 8 nitrogen and oxygen atoms in total. The normalized spacial score (nSPS) is 16.8. The molecule has 10 heteroatoms. The number of hydrogen-bond donors (Lipinski definition) is 1. The van der Waals surface area contributed by atoms with Gasteiger partial charge in [0.2, 0.25) is 5.91 Å². The van der Waals surface area contributed by atoms with Crippen LogP contribution in [0.1, 0.15) is 71.2 Å². The lowest BCUT2D eigenvalue weighted by Crippen LogP contribution is -2.47. The summed E-state index contributed by atoms with van der Waals surface area (Å²) >= 11 is 6.29. The van der Waals surface area contributed by atoms with Crippen LogP contribution in [0.25, 0.3) is 0 Å². The Morgan fingerprint density at radius 2 is 1.45 bits per heavy atom. The van der Waals surface area contributed by atoms with E-state index >= 15 is 0 Å². The fourth-order valence-corrected chi connectivity index (χ4v) is 7.32. The Morgan fingerprint density at radius 3 is 2.13 bits per heavy atom. The van der Waals surface area contributed by atoms with Gasteiger partial charge < -0.3 is 5.32 Å². The van der Waals surface area contributed by atoms with E-state index in [0.29, 0.717) is 33.1 Å². The summed E-state index contributed by atoms with van der Waals surface area (Å²) in [5, 5.41) is 3.70. The zero-order valence-electron chi connectivity index (χ0n) is 28.9. The van der Waals surface area contributed by atoms with Crippen molar-refractivity contribution >= 4 is 46.7 Å². The van der Waals surface area contributed by atoms with Crippen molar-refractivity contribution in [1.29, 1.82) is 0 Å². The van der Waals surface area contributed by atoms with E-state index in [1.54, 1.807) is 72.8 Å². The second-order valence-electron chi connectivity index (χ2n) is 13.4. The van der Waals surface area contributed by atoms with E-state index in [1.165, 1.54) is 39.0 Å². The average molecular weight is 729 g/mol. The second-order valence-corrected chi connectivity index (χ2v) is 13.8. The van der Waals surface area contributed by atoms with Crippen molar-refractivity contribution in [3.05, 3.63) is 167 Å². The number of hydrogen-bond acceptors (Lipinski definition) is 4. The summed E-state index contributed by atoms with van der Waals surface area (Å²) in [6.45, 7) is 0.0327. The minimum absolute atomic E-state index is 0.0327. The van der Waals surface area contributed by atoms with E-state index in [9.17, 15) is 23.6 Å². The Morgan fingerprint density at radius 1 is 0.792 bits per heavy atom. The van der Waals surface area contributed by atoms with Crippen molar-refractivity contribution < 1.29 is 23.6 Å². The molecule has 2 aliphatic rings. The van der Waals surface area contributed by atoms with Crippen LogP contribution in [0.5, 0.6) is 0 Å². The molecule has 53 heavy (non-hydrogen) atoms. The third-order valence-electron chi connectivity index (χ3n) is 9.83. The summed E-state index contributed by atoms with van der Waals surface area (Å²) in [6, 6.07) is 34.1. The number of halogens is 2. The van der Waals surface area contributed by atoms with Gasteiger partial charge in [-0.3, -0.25) is 29.1 Å². The Balaban J connectivity index is 1.34.